The SMILES string of the molecule is NC(=O)Nc1ccc(C(=O)NCc2cccc(Br)c2)cc1. The predicted octanol–water partition coefficient (Wildman–Crippen LogP) is 2.87. The summed E-state index contributed by atoms with van der Waals surface area (Å²) >= 11 is 3.38. The molecule has 0 bridgehead atoms. The Labute approximate surface area is 130 Å². The Morgan fingerprint density at radius 3 is 2.43 bits per heavy atom. The second-order valence-corrected chi connectivity index (χ2v) is 5.29. The van der Waals surface area contributed by atoms with E-state index in [1.807, 2.05) is 24.3 Å². The number of nitrogens with one attached hydrogen (secondary N) is 2. The molecule has 0 fully saturated rings. The number of hydrogen-bond acceptors (Lipinski definition) is 2. The largest absolute Gasteiger partial charge is 0.351 e. The minimum absolute atomic E-state index is 0.180. The Balaban J connectivity index is 1.95. The summed E-state index contributed by atoms with van der Waals surface area (Å²) in [6, 6.07) is 13.6. The van der Waals surface area contributed by atoms with Gasteiger partial charge < -0.3 is 16.4 Å². The maximum Gasteiger partial charge on any atom is 0.316 e. The lowest BCUT2D eigenvalue weighted by atomic mass is 10.2. The van der Waals surface area contributed by atoms with Gasteiger partial charge in [0.2, 0.25) is 0 Å². The van der Waals surface area contributed by atoms with Gasteiger partial charge >= 0.3 is 6.03 Å². The van der Waals surface area contributed by atoms with Gasteiger partial charge in [-0.25, -0.2) is 4.79 Å². The molecule has 0 aliphatic heterocycles. The average Bonchev–Trinajstić information content (AvgIpc) is 2.45. The van der Waals surface area contributed by atoms with Crippen LogP contribution in [0, 0.1) is 0 Å². The maximum atomic E-state index is 12.0. The number of hydrogen-bond donors (Lipinski definition) is 3. The number of primary amides is 1. The monoisotopic (exact) mass is 347 g/mol. The summed E-state index contributed by atoms with van der Waals surface area (Å²) in [5, 5.41) is 5.27. The van der Waals surface area contributed by atoms with E-state index in [-0.39, 0.29) is 5.91 Å². The molecule has 4 N–H and O–H groups in total. The van der Waals surface area contributed by atoms with Crippen molar-refractivity contribution in [2.45, 2.75) is 6.54 Å². The molecule has 0 aromatic heterocycles. The maximum absolute atomic E-state index is 12.0. The summed E-state index contributed by atoms with van der Waals surface area (Å²) in [7, 11) is 0. The molecule has 0 unspecified atom stereocenters. The van der Waals surface area contributed by atoms with Crippen LogP contribution in [-0.4, -0.2) is 11.9 Å². The Bertz CT molecular complexity index is 656. The highest BCUT2D eigenvalue weighted by molar-refractivity contribution is 9.10. The molecular formula is C15H14BrN3O2. The van der Waals surface area contributed by atoms with Crippen LogP contribution in [0.5, 0.6) is 0 Å². The highest BCUT2D eigenvalue weighted by atomic mass is 79.9. The zero-order valence-electron chi connectivity index (χ0n) is 11.1. The molecule has 3 amide bonds. The van der Waals surface area contributed by atoms with Crippen molar-refractivity contribution in [3.63, 3.8) is 0 Å². The summed E-state index contributed by atoms with van der Waals surface area (Å²) in [5.41, 5.74) is 7.08. The number of urea groups is 1. The molecule has 0 saturated heterocycles. The van der Waals surface area contributed by atoms with E-state index in [0.29, 0.717) is 17.8 Å². The molecular weight excluding hydrogens is 334 g/mol. The lowest BCUT2D eigenvalue weighted by molar-refractivity contribution is 0.0951. The van der Waals surface area contributed by atoms with Gasteiger partial charge in [-0.15, -0.1) is 0 Å². The molecule has 6 heteroatoms. The Morgan fingerprint density at radius 2 is 1.81 bits per heavy atom. The first-order valence-electron chi connectivity index (χ1n) is 6.24. The minimum atomic E-state index is -0.637. The van der Waals surface area contributed by atoms with Crippen molar-refractivity contribution in [1.82, 2.24) is 5.32 Å². The minimum Gasteiger partial charge on any atom is -0.351 e. The van der Waals surface area contributed by atoms with E-state index in [1.165, 1.54) is 0 Å². The summed E-state index contributed by atoms with van der Waals surface area (Å²) < 4.78 is 0.969. The van der Waals surface area contributed by atoms with Crippen molar-refractivity contribution in [3.8, 4) is 0 Å². The number of anilines is 1. The molecule has 0 heterocycles. The third-order valence-electron chi connectivity index (χ3n) is 2.76. The molecule has 2 aromatic carbocycles. The third kappa shape index (κ3) is 4.61. The summed E-state index contributed by atoms with van der Waals surface area (Å²) in [5.74, 6) is -0.180. The van der Waals surface area contributed by atoms with Gasteiger partial charge in [-0.3, -0.25) is 4.79 Å². The van der Waals surface area contributed by atoms with E-state index < -0.39 is 6.03 Å². The number of benzene rings is 2. The van der Waals surface area contributed by atoms with Crippen LogP contribution in [-0.2, 0) is 6.54 Å². The van der Waals surface area contributed by atoms with E-state index in [1.54, 1.807) is 24.3 Å². The number of rotatable bonds is 4. The van der Waals surface area contributed by atoms with Crippen molar-refractivity contribution in [2.75, 3.05) is 5.32 Å². The van der Waals surface area contributed by atoms with E-state index in [9.17, 15) is 9.59 Å². The van der Waals surface area contributed by atoms with Crippen molar-refractivity contribution in [3.05, 3.63) is 64.1 Å². The second kappa shape index (κ2) is 6.90. The zero-order valence-corrected chi connectivity index (χ0v) is 12.7. The number of carbonyl (C=O) groups excluding carboxylic acids is 2. The van der Waals surface area contributed by atoms with Gasteiger partial charge in [0, 0.05) is 22.3 Å². The smallest absolute Gasteiger partial charge is 0.316 e. The van der Waals surface area contributed by atoms with Gasteiger partial charge in [0.15, 0.2) is 0 Å². The van der Waals surface area contributed by atoms with Gasteiger partial charge in [0.1, 0.15) is 0 Å². The quantitative estimate of drug-likeness (QED) is 0.794. The van der Waals surface area contributed by atoms with E-state index in [4.69, 9.17) is 5.73 Å². The molecule has 0 spiro atoms. The van der Waals surface area contributed by atoms with Gasteiger partial charge in [0.25, 0.3) is 5.91 Å². The number of amides is 3. The zero-order chi connectivity index (χ0) is 15.2. The van der Waals surface area contributed by atoms with Gasteiger partial charge in [0.05, 0.1) is 0 Å². The van der Waals surface area contributed by atoms with Gasteiger partial charge in [-0.1, -0.05) is 28.1 Å². The summed E-state index contributed by atoms with van der Waals surface area (Å²) in [6.45, 7) is 0.444. The fourth-order valence-electron chi connectivity index (χ4n) is 1.78. The molecule has 108 valence electrons. The lowest BCUT2D eigenvalue weighted by Crippen LogP contribution is -2.23. The molecule has 21 heavy (non-hydrogen) atoms. The number of carbonyl (C=O) groups is 2. The van der Waals surface area contributed by atoms with E-state index in [0.717, 1.165) is 10.0 Å². The fourth-order valence-corrected chi connectivity index (χ4v) is 2.23. The highest BCUT2D eigenvalue weighted by Gasteiger charge is 2.05. The van der Waals surface area contributed by atoms with Crippen LogP contribution in [0.4, 0.5) is 10.5 Å². The van der Waals surface area contributed by atoms with Gasteiger partial charge in [-0.05, 0) is 42.0 Å². The van der Waals surface area contributed by atoms with Crippen LogP contribution in [0.15, 0.2) is 53.0 Å². The van der Waals surface area contributed by atoms with Crippen molar-refractivity contribution in [2.24, 2.45) is 5.73 Å². The Hall–Kier alpha value is -2.34. The standard InChI is InChI=1S/C15H14BrN3O2/c16-12-3-1-2-10(8-12)9-18-14(20)11-4-6-13(7-5-11)19-15(17)21/h1-8H,9H2,(H,18,20)(H3,17,19,21). The van der Waals surface area contributed by atoms with Crippen LogP contribution in [0.3, 0.4) is 0 Å². The van der Waals surface area contributed by atoms with Crippen molar-refractivity contribution < 1.29 is 9.59 Å². The van der Waals surface area contributed by atoms with Crippen molar-refractivity contribution in [1.29, 1.82) is 0 Å². The first-order chi connectivity index (χ1) is 10.0. The number of halogens is 1. The van der Waals surface area contributed by atoms with Crippen LogP contribution in [0.2, 0.25) is 0 Å². The second-order valence-electron chi connectivity index (χ2n) is 4.38. The first kappa shape index (κ1) is 15.1. The molecule has 5 nitrogen and oxygen atoms in total. The van der Waals surface area contributed by atoms with Crippen LogP contribution >= 0.6 is 15.9 Å². The summed E-state index contributed by atoms with van der Waals surface area (Å²) in [6.07, 6.45) is 0. The normalized spacial score (nSPS) is 9.95. The van der Waals surface area contributed by atoms with Crippen molar-refractivity contribution >= 4 is 33.6 Å². The molecule has 0 aliphatic carbocycles. The van der Waals surface area contributed by atoms with E-state index >= 15 is 0 Å². The molecule has 0 atom stereocenters. The van der Waals surface area contributed by atoms with Crippen LogP contribution in [0.25, 0.3) is 0 Å². The predicted molar refractivity (Wildman–Crippen MR) is 85.0 cm³/mol. The topological polar surface area (TPSA) is 84.2 Å². The number of nitrogens with two attached hydrogens (primary N) is 1. The Morgan fingerprint density at radius 1 is 1.10 bits per heavy atom. The Kier molecular flexibility index (Phi) is 4.94. The first-order valence-corrected chi connectivity index (χ1v) is 7.03. The lowest BCUT2D eigenvalue weighted by Gasteiger charge is -2.07. The molecule has 2 aromatic rings. The molecule has 0 radical (unpaired) electrons. The highest BCUT2D eigenvalue weighted by Crippen LogP contribution is 2.12. The molecule has 2 rings (SSSR count). The van der Waals surface area contributed by atoms with Crippen LogP contribution < -0.4 is 16.4 Å². The average molecular weight is 348 g/mol. The van der Waals surface area contributed by atoms with Crippen LogP contribution in [0.1, 0.15) is 15.9 Å². The molecule has 0 aliphatic rings. The van der Waals surface area contributed by atoms with Gasteiger partial charge in [-0.2, -0.15) is 0 Å². The van der Waals surface area contributed by atoms with E-state index in [2.05, 4.69) is 26.6 Å². The molecule has 0 saturated carbocycles. The third-order valence-corrected chi connectivity index (χ3v) is 3.25. The fraction of sp³-hybridized carbons (Fsp3) is 0.0667. The summed E-state index contributed by atoms with van der Waals surface area (Å²) in [4.78, 5) is 22.7.